The zero-order valence-corrected chi connectivity index (χ0v) is 19.7. The van der Waals surface area contributed by atoms with Crippen LogP contribution in [0.15, 0.2) is 72.9 Å². The Morgan fingerprint density at radius 1 is 0.912 bits per heavy atom. The zero-order chi connectivity index (χ0) is 24.1. The Bertz CT molecular complexity index is 1360. The fourth-order valence-corrected chi connectivity index (χ4v) is 3.62. The number of nitrogens with one attached hydrogen (secondary N) is 2. The Kier molecular flexibility index (Phi) is 6.89. The van der Waals surface area contributed by atoms with Crippen molar-refractivity contribution in [2.24, 2.45) is 0 Å². The Balaban J connectivity index is 1.50. The van der Waals surface area contributed by atoms with E-state index in [0.717, 1.165) is 22.2 Å². The molecule has 0 atom stereocenters. The first-order chi connectivity index (χ1) is 16.5. The van der Waals surface area contributed by atoms with Gasteiger partial charge < -0.3 is 19.5 Å². The van der Waals surface area contributed by atoms with E-state index in [1.54, 1.807) is 50.7 Å². The van der Waals surface area contributed by atoms with Gasteiger partial charge in [-0.1, -0.05) is 18.2 Å². The van der Waals surface area contributed by atoms with E-state index in [2.05, 4.69) is 15.6 Å². The number of benzene rings is 3. The van der Waals surface area contributed by atoms with Gasteiger partial charge in [-0.15, -0.1) is 0 Å². The number of ether oxygens (including phenoxy) is 3. The van der Waals surface area contributed by atoms with Gasteiger partial charge in [0.25, 0.3) is 5.91 Å². The normalized spacial score (nSPS) is 10.4. The molecule has 0 aliphatic carbocycles. The molecule has 0 radical (unpaired) electrons. The fourth-order valence-electron chi connectivity index (χ4n) is 3.42. The number of amides is 1. The molecular weight excluding hydrogens is 450 g/mol. The topological polar surface area (TPSA) is 81.7 Å². The highest BCUT2D eigenvalue weighted by Crippen LogP contribution is 2.37. The van der Waals surface area contributed by atoms with Gasteiger partial charge in [-0.05, 0) is 67.2 Å². The molecule has 4 rings (SSSR count). The number of carbonyl (C=O) groups is 1. The van der Waals surface area contributed by atoms with E-state index in [-0.39, 0.29) is 11.0 Å². The summed E-state index contributed by atoms with van der Waals surface area (Å²) >= 11 is 5.30. The van der Waals surface area contributed by atoms with Gasteiger partial charge in [0.05, 0.1) is 19.7 Å². The number of rotatable bonds is 6. The van der Waals surface area contributed by atoms with Crippen LogP contribution in [0.2, 0.25) is 0 Å². The number of aromatic nitrogens is 1. The second-order valence-electron chi connectivity index (χ2n) is 7.39. The van der Waals surface area contributed by atoms with E-state index in [1.807, 2.05) is 43.3 Å². The largest absolute Gasteiger partial charge is 0.493 e. The molecular formula is C26H23N3O4S. The lowest BCUT2D eigenvalue weighted by atomic mass is 10.1. The molecule has 0 saturated heterocycles. The molecule has 1 amide bonds. The predicted octanol–water partition coefficient (Wildman–Crippen LogP) is 5.48. The lowest BCUT2D eigenvalue weighted by Gasteiger charge is -2.15. The van der Waals surface area contributed by atoms with E-state index in [0.29, 0.717) is 28.6 Å². The summed E-state index contributed by atoms with van der Waals surface area (Å²) < 4.78 is 16.9. The maximum Gasteiger partial charge on any atom is 0.257 e. The number of thiocarbonyl (C=S) groups is 1. The first-order valence-corrected chi connectivity index (χ1v) is 10.9. The number of anilines is 1. The maximum atomic E-state index is 12.3. The van der Waals surface area contributed by atoms with E-state index < -0.39 is 0 Å². The third kappa shape index (κ3) is 5.07. The van der Waals surface area contributed by atoms with Crippen molar-refractivity contribution in [2.45, 2.75) is 6.92 Å². The van der Waals surface area contributed by atoms with Crippen LogP contribution in [-0.4, -0.2) is 30.2 Å². The van der Waals surface area contributed by atoms with Gasteiger partial charge in [0.1, 0.15) is 11.5 Å². The zero-order valence-electron chi connectivity index (χ0n) is 18.9. The molecule has 7 nitrogen and oxygen atoms in total. The van der Waals surface area contributed by atoms with E-state index in [4.69, 9.17) is 26.4 Å². The Hall–Kier alpha value is -4.17. The molecule has 34 heavy (non-hydrogen) atoms. The van der Waals surface area contributed by atoms with Crippen molar-refractivity contribution in [3.63, 3.8) is 0 Å². The van der Waals surface area contributed by atoms with Gasteiger partial charge in [0, 0.05) is 28.9 Å². The standard InChI is InChI=1S/C26H23N3O4S/c1-16-13-18(9-10-20(16)28-26(34)29-25(30)17-7-5-4-6-8-17)33-22-11-12-27-21-15-24(32-3)23(31-2)14-19(21)22/h4-15H,1-3H3,(H2,28,29,30,34). The van der Waals surface area contributed by atoms with Crippen LogP contribution in [0.5, 0.6) is 23.0 Å². The highest BCUT2D eigenvalue weighted by atomic mass is 32.1. The van der Waals surface area contributed by atoms with Gasteiger partial charge in [0.2, 0.25) is 0 Å². The fraction of sp³-hybridized carbons (Fsp3) is 0.115. The molecule has 1 aromatic heterocycles. The Morgan fingerprint density at radius 3 is 2.35 bits per heavy atom. The highest BCUT2D eigenvalue weighted by molar-refractivity contribution is 7.80. The number of hydrogen-bond acceptors (Lipinski definition) is 6. The number of nitrogens with zero attached hydrogens (tertiary/aromatic N) is 1. The van der Waals surface area contributed by atoms with Gasteiger partial charge >= 0.3 is 0 Å². The summed E-state index contributed by atoms with van der Waals surface area (Å²) in [5, 5.41) is 6.76. The third-order valence-electron chi connectivity index (χ3n) is 5.14. The average Bonchev–Trinajstić information content (AvgIpc) is 2.85. The summed E-state index contributed by atoms with van der Waals surface area (Å²) in [6, 6.07) is 19.9. The smallest absolute Gasteiger partial charge is 0.257 e. The van der Waals surface area contributed by atoms with E-state index in [1.165, 1.54) is 0 Å². The van der Waals surface area contributed by atoms with Crippen molar-refractivity contribution in [3.8, 4) is 23.0 Å². The van der Waals surface area contributed by atoms with Crippen molar-refractivity contribution < 1.29 is 19.0 Å². The maximum absolute atomic E-state index is 12.3. The molecule has 1 heterocycles. The molecule has 0 aliphatic heterocycles. The van der Waals surface area contributed by atoms with Crippen molar-refractivity contribution in [3.05, 3.63) is 84.1 Å². The highest BCUT2D eigenvalue weighted by Gasteiger charge is 2.13. The predicted molar refractivity (Wildman–Crippen MR) is 136 cm³/mol. The summed E-state index contributed by atoms with van der Waals surface area (Å²) in [5.74, 6) is 2.20. The summed E-state index contributed by atoms with van der Waals surface area (Å²) in [6.45, 7) is 1.93. The van der Waals surface area contributed by atoms with Gasteiger partial charge in [-0.2, -0.15) is 0 Å². The lowest BCUT2D eigenvalue weighted by molar-refractivity contribution is 0.0977. The minimum absolute atomic E-state index is 0.215. The number of methoxy groups -OCH3 is 2. The van der Waals surface area contributed by atoms with E-state index >= 15 is 0 Å². The van der Waals surface area contributed by atoms with Crippen LogP contribution in [0.4, 0.5) is 5.69 Å². The van der Waals surface area contributed by atoms with Crippen LogP contribution >= 0.6 is 12.2 Å². The molecule has 0 spiro atoms. The van der Waals surface area contributed by atoms with Gasteiger partial charge in [-0.3, -0.25) is 15.1 Å². The minimum atomic E-state index is -0.271. The molecule has 0 saturated carbocycles. The molecule has 4 aromatic rings. The number of pyridine rings is 1. The monoisotopic (exact) mass is 473 g/mol. The molecule has 0 aliphatic rings. The van der Waals surface area contributed by atoms with Crippen molar-refractivity contribution in [1.82, 2.24) is 10.3 Å². The van der Waals surface area contributed by atoms with Crippen LogP contribution in [0.1, 0.15) is 15.9 Å². The average molecular weight is 474 g/mol. The molecule has 3 aromatic carbocycles. The van der Waals surface area contributed by atoms with Crippen molar-refractivity contribution >= 4 is 39.8 Å². The number of aryl methyl sites for hydroxylation is 1. The lowest BCUT2D eigenvalue weighted by Crippen LogP contribution is -2.34. The summed E-state index contributed by atoms with van der Waals surface area (Å²) in [5.41, 5.74) is 2.92. The van der Waals surface area contributed by atoms with E-state index in [9.17, 15) is 4.79 Å². The van der Waals surface area contributed by atoms with Gasteiger partial charge in [-0.25, -0.2) is 0 Å². The second-order valence-corrected chi connectivity index (χ2v) is 7.79. The molecule has 8 heteroatoms. The third-order valence-corrected chi connectivity index (χ3v) is 5.35. The molecule has 0 bridgehead atoms. The summed E-state index contributed by atoms with van der Waals surface area (Å²) in [7, 11) is 3.17. The second kappa shape index (κ2) is 10.2. The Labute approximate surface area is 202 Å². The summed E-state index contributed by atoms with van der Waals surface area (Å²) in [6.07, 6.45) is 1.68. The minimum Gasteiger partial charge on any atom is -0.493 e. The van der Waals surface area contributed by atoms with Crippen molar-refractivity contribution in [2.75, 3.05) is 19.5 Å². The first kappa shape index (κ1) is 23.0. The van der Waals surface area contributed by atoms with Crippen LogP contribution in [0, 0.1) is 6.92 Å². The van der Waals surface area contributed by atoms with Crippen LogP contribution < -0.4 is 24.8 Å². The molecule has 0 unspecified atom stereocenters. The molecule has 0 fully saturated rings. The quantitative estimate of drug-likeness (QED) is 0.359. The van der Waals surface area contributed by atoms with Crippen LogP contribution in [0.3, 0.4) is 0 Å². The van der Waals surface area contributed by atoms with Crippen LogP contribution in [-0.2, 0) is 0 Å². The number of hydrogen-bond donors (Lipinski definition) is 2. The Morgan fingerprint density at radius 2 is 1.65 bits per heavy atom. The van der Waals surface area contributed by atoms with Crippen LogP contribution in [0.25, 0.3) is 10.9 Å². The molecule has 2 N–H and O–H groups in total. The SMILES string of the molecule is COc1cc2nccc(Oc3ccc(NC(=S)NC(=O)c4ccccc4)c(C)c3)c2cc1OC. The van der Waals surface area contributed by atoms with Crippen molar-refractivity contribution in [1.29, 1.82) is 0 Å². The molecule has 172 valence electrons. The number of carbonyl (C=O) groups excluding carboxylic acids is 1. The summed E-state index contributed by atoms with van der Waals surface area (Å²) in [4.78, 5) is 16.7. The first-order valence-electron chi connectivity index (χ1n) is 10.4. The van der Waals surface area contributed by atoms with Gasteiger partial charge in [0.15, 0.2) is 16.6 Å². The number of fused-ring (bicyclic) bond motifs is 1.